The fourth-order valence-corrected chi connectivity index (χ4v) is 1.99. The van der Waals surface area contributed by atoms with Crippen LogP contribution in [0, 0.1) is 0 Å². The van der Waals surface area contributed by atoms with Crippen molar-refractivity contribution in [2.45, 2.75) is 18.9 Å². The van der Waals surface area contributed by atoms with Crippen molar-refractivity contribution in [3.63, 3.8) is 0 Å². The van der Waals surface area contributed by atoms with Crippen LogP contribution in [0.15, 0.2) is 12.3 Å². The van der Waals surface area contributed by atoms with Crippen molar-refractivity contribution >= 4 is 29.0 Å². The van der Waals surface area contributed by atoms with Gasteiger partial charge in [0.2, 0.25) is 0 Å². The zero-order valence-corrected chi connectivity index (χ0v) is 9.90. The number of nitrogens with one attached hydrogen (secondary N) is 1. The molecule has 0 saturated carbocycles. The third-order valence-electron chi connectivity index (χ3n) is 2.45. The molecule has 1 aliphatic rings. The summed E-state index contributed by atoms with van der Waals surface area (Å²) in [5.41, 5.74) is -0.0789. The van der Waals surface area contributed by atoms with Crippen LogP contribution in [0.4, 0.5) is 5.82 Å². The Morgan fingerprint density at radius 1 is 1.53 bits per heavy atom. The van der Waals surface area contributed by atoms with E-state index in [9.17, 15) is 0 Å². The highest BCUT2D eigenvalue weighted by atomic mass is 35.5. The van der Waals surface area contributed by atoms with Gasteiger partial charge in [0, 0.05) is 12.8 Å². The first kappa shape index (κ1) is 11.0. The Morgan fingerprint density at radius 2 is 2.33 bits per heavy atom. The highest BCUT2D eigenvalue weighted by molar-refractivity contribution is 6.35. The van der Waals surface area contributed by atoms with Gasteiger partial charge in [0.25, 0.3) is 0 Å². The monoisotopic (exact) mass is 246 g/mol. The maximum Gasteiger partial charge on any atom is 0.145 e. The van der Waals surface area contributed by atoms with Crippen LogP contribution in [0.5, 0.6) is 0 Å². The van der Waals surface area contributed by atoms with Gasteiger partial charge in [0.05, 0.1) is 22.2 Å². The van der Waals surface area contributed by atoms with Crippen LogP contribution in [0.1, 0.15) is 13.3 Å². The Hall–Kier alpha value is -0.510. The summed E-state index contributed by atoms with van der Waals surface area (Å²) < 4.78 is 5.34. The number of aromatic nitrogens is 1. The van der Waals surface area contributed by atoms with Crippen molar-refractivity contribution in [3.8, 4) is 0 Å². The molecule has 2 heterocycles. The lowest BCUT2D eigenvalue weighted by molar-refractivity contribution is 0.185. The summed E-state index contributed by atoms with van der Waals surface area (Å²) >= 11 is 11.8. The average molecular weight is 247 g/mol. The van der Waals surface area contributed by atoms with Crippen LogP contribution in [-0.4, -0.2) is 23.7 Å². The molecule has 1 aromatic heterocycles. The van der Waals surface area contributed by atoms with Crippen molar-refractivity contribution in [3.05, 3.63) is 22.3 Å². The van der Waals surface area contributed by atoms with Gasteiger partial charge in [-0.3, -0.25) is 0 Å². The smallest absolute Gasteiger partial charge is 0.145 e. The molecule has 1 unspecified atom stereocenters. The van der Waals surface area contributed by atoms with Crippen LogP contribution in [-0.2, 0) is 4.74 Å². The standard InChI is InChI=1S/C10H12Cl2N2O/c1-10(2-3-15-6-10)14-9-8(12)4-7(11)5-13-9/h4-5H,2-3,6H2,1H3,(H,13,14). The molecule has 1 atom stereocenters. The Bertz CT molecular complexity index is 364. The molecule has 1 N–H and O–H groups in total. The average Bonchev–Trinajstić information content (AvgIpc) is 2.58. The van der Waals surface area contributed by atoms with Gasteiger partial charge in [-0.25, -0.2) is 4.98 Å². The van der Waals surface area contributed by atoms with E-state index < -0.39 is 0 Å². The largest absolute Gasteiger partial charge is 0.379 e. The molecule has 0 aliphatic carbocycles. The van der Waals surface area contributed by atoms with Gasteiger partial charge >= 0.3 is 0 Å². The minimum absolute atomic E-state index is 0.0789. The lowest BCUT2D eigenvalue weighted by Gasteiger charge is -2.24. The second-order valence-electron chi connectivity index (χ2n) is 3.97. The number of halogens is 2. The van der Waals surface area contributed by atoms with E-state index in [1.54, 1.807) is 12.3 Å². The predicted molar refractivity (Wildman–Crippen MR) is 61.7 cm³/mol. The van der Waals surface area contributed by atoms with E-state index in [0.29, 0.717) is 22.5 Å². The van der Waals surface area contributed by atoms with Crippen molar-refractivity contribution < 1.29 is 4.74 Å². The van der Waals surface area contributed by atoms with Crippen molar-refractivity contribution in [2.24, 2.45) is 0 Å². The zero-order valence-electron chi connectivity index (χ0n) is 8.39. The molecule has 82 valence electrons. The van der Waals surface area contributed by atoms with Crippen LogP contribution in [0.2, 0.25) is 10.0 Å². The molecule has 5 heteroatoms. The lowest BCUT2D eigenvalue weighted by Crippen LogP contribution is -2.35. The fraction of sp³-hybridized carbons (Fsp3) is 0.500. The van der Waals surface area contributed by atoms with Gasteiger partial charge in [-0.15, -0.1) is 0 Å². The van der Waals surface area contributed by atoms with E-state index in [2.05, 4.69) is 17.2 Å². The van der Waals surface area contributed by atoms with E-state index >= 15 is 0 Å². The first-order valence-electron chi connectivity index (χ1n) is 4.76. The topological polar surface area (TPSA) is 34.2 Å². The van der Waals surface area contributed by atoms with Crippen molar-refractivity contribution in [1.29, 1.82) is 0 Å². The molecule has 1 aromatic rings. The third kappa shape index (κ3) is 2.54. The van der Waals surface area contributed by atoms with E-state index in [1.165, 1.54) is 0 Å². The lowest BCUT2D eigenvalue weighted by atomic mass is 10.0. The van der Waals surface area contributed by atoms with Crippen molar-refractivity contribution in [1.82, 2.24) is 4.98 Å². The fourth-order valence-electron chi connectivity index (χ4n) is 1.56. The number of ether oxygens (including phenoxy) is 1. The normalized spacial score (nSPS) is 25.5. The molecule has 0 radical (unpaired) electrons. The maximum absolute atomic E-state index is 6.02. The minimum Gasteiger partial charge on any atom is -0.379 e. The van der Waals surface area contributed by atoms with E-state index in [4.69, 9.17) is 27.9 Å². The van der Waals surface area contributed by atoms with Gasteiger partial charge < -0.3 is 10.1 Å². The van der Waals surface area contributed by atoms with Crippen LogP contribution < -0.4 is 5.32 Å². The molecule has 0 amide bonds. The molecule has 3 nitrogen and oxygen atoms in total. The SMILES string of the molecule is CC1(Nc2ncc(Cl)cc2Cl)CCOC1. The molecule has 0 spiro atoms. The second-order valence-corrected chi connectivity index (χ2v) is 4.82. The quantitative estimate of drug-likeness (QED) is 0.872. The van der Waals surface area contributed by atoms with E-state index in [0.717, 1.165) is 13.0 Å². The highest BCUT2D eigenvalue weighted by Crippen LogP contribution is 2.28. The second kappa shape index (κ2) is 4.16. The number of hydrogen-bond acceptors (Lipinski definition) is 3. The summed E-state index contributed by atoms with van der Waals surface area (Å²) in [6.07, 6.45) is 2.53. The van der Waals surface area contributed by atoms with E-state index in [-0.39, 0.29) is 5.54 Å². The van der Waals surface area contributed by atoms with Gasteiger partial charge in [-0.1, -0.05) is 23.2 Å². The molecule has 1 aliphatic heterocycles. The van der Waals surface area contributed by atoms with Crippen LogP contribution >= 0.6 is 23.2 Å². The molecule has 2 rings (SSSR count). The summed E-state index contributed by atoms with van der Waals surface area (Å²) in [5, 5.41) is 4.36. The molecule has 0 aromatic carbocycles. The minimum atomic E-state index is -0.0789. The van der Waals surface area contributed by atoms with E-state index in [1.807, 2.05) is 0 Å². The Kier molecular flexibility index (Phi) is 3.05. The number of rotatable bonds is 2. The number of hydrogen-bond donors (Lipinski definition) is 1. The summed E-state index contributed by atoms with van der Waals surface area (Å²) in [7, 11) is 0. The van der Waals surface area contributed by atoms with Crippen LogP contribution in [0.25, 0.3) is 0 Å². The summed E-state index contributed by atoms with van der Waals surface area (Å²) in [6, 6.07) is 1.68. The summed E-state index contributed by atoms with van der Waals surface area (Å²) in [6.45, 7) is 3.54. The van der Waals surface area contributed by atoms with Crippen LogP contribution in [0.3, 0.4) is 0 Å². The number of pyridine rings is 1. The molecule has 1 fully saturated rings. The first-order chi connectivity index (χ1) is 7.09. The van der Waals surface area contributed by atoms with Gasteiger partial charge in [-0.2, -0.15) is 0 Å². The Balaban J connectivity index is 2.16. The Morgan fingerprint density at radius 3 is 2.93 bits per heavy atom. The van der Waals surface area contributed by atoms with Gasteiger partial charge in [0.15, 0.2) is 0 Å². The number of nitrogens with zero attached hydrogens (tertiary/aromatic N) is 1. The molecular weight excluding hydrogens is 235 g/mol. The molecular formula is C10H12Cl2N2O. The van der Waals surface area contributed by atoms with Gasteiger partial charge in [0.1, 0.15) is 5.82 Å². The zero-order chi connectivity index (χ0) is 10.9. The van der Waals surface area contributed by atoms with Crippen molar-refractivity contribution in [2.75, 3.05) is 18.5 Å². The highest BCUT2D eigenvalue weighted by Gasteiger charge is 2.30. The number of anilines is 1. The molecule has 0 bridgehead atoms. The van der Waals surface area contributed by atoms with Gasteiger partial charge in [-0.05, 0) is 19.4 Å². The third-order valence-corrected chi connectivity index (χ3v) is 2.94. The summed E-state index contributed by atoms with van der Waals surface area (Å²) in [4.78, 5) is 4.16. The Labute approximate surface area is 98.7 Å². The molecule has 15 heavy (non-hydrogen) atoms. The maximum atomic E-state index is 6.02. The first-order valence-corrected chi connectivity index (χ1v) is 5.52. The predicted octanol–water partition coefficient (Wildman–Crippen LogP) is 2.98. The molecule has 1 saturated heterocycles. The summed E-state index contributed by atoms with van der Waals surface area (Å²) in [5.74, 6) is 0.661.